The van der Waals surface area contributed by atoms with Crippen LogP contribution < -0.4 is 10.2 Å². The van der Waals surface area contributed by atoms with Crippen molar-refractivity contribution in [1.82, 2.24) is 4.98 Å². The second-order valence-corrected chi connectivity index (χ2v) is 7.27. The average molecular weight is 338 g/mol. The van der Waals surface area contributed by atoms with Crippen LogP contribution in [0.4, 0.5) is 0 Å². The predicted octanol–water partition coefficient (Wildman–Crippen LogP) is 1.59. The molecule has 1 fully saturated rings. The van der Waals surface area contributed by atoms with Gasteiger partial charge >= 0.3 is 0 Å². The Hall–Kier alpha value is -0.940. The van der Waals surface area contributed by atoms with Crippen molar-refractivity contribution in [2.45, 2.75) is 32.4 Å². The summed E-state index contributed by atoms with van der Waals surface area (Å²) in [7, 11) is 0. The number of likely N-dealkylation sites (tertiary alicyclic amines) is 1. The molecule has 0 saturated carbocycles. The van der Waals surface area contributed by atoms with Crippen molar-refractivity contribution in [3.63, 3.8) is 0 Å². The lowest BCUT2D eigenvalue weighted by molar-refractivity contribution is -0.925. The molecule has 0 spiro atoms. The Bertz CT molecular complexity index is 596. The summed E-state index contributed by atoms with van der Waals surface area (Å²) in [4.78, 5) is 6.53. The van der Waals surface area contributed by atoms with Crippen LogP contribution in [0.15, 0.2) is 29.6 Å². The maximum absolute atomic E-state index is 5.93. The van der Waals surface area contributed by atoms with Crippen LogP contribution >= 0.6 is 22.9 Å². The fourth-order valence-corrected chi connectivity index (χ4v) is 4.26. The van der Waals surface area contributed by atoms with Gasteiger partial charge in [-0.2, -0.15) is 0 Å². The van der Waals surface area contributed by atoms with E-state index in [1.165, 1.54) is 38.2 Å². The number of hydrogen-bond acceptors (Lipinski definition) is 2. The van der Waals surface area contributed by atoms with Crippen LogP contribution in [0.5, 0.6) is 0 Å². The monoisotopic (exact) mass is 337 g/mol. The van der Waals surface area contributed by atoms with Gasteiger partial charge < -0.3 is 10.2 Å². The van der Waals surface area contributed by atoms with E-state index in [4.69, 9.17) is 16.6 Å². The summed E-state index contributed by atoms with van der Waals surface area (Å²) in [6.07, 6.45) is 2.77. The van der Waals surface area contributed by atoms with E-state index in [9.17, 15) is 0 Å². The van der Waals surface area contributed by atoms with E-state index in [-0.39, 0.29) is 0 Å². The van der Waals surface area contributed by atoms with Crippen molar-refractivity contribution in [2.24, 2.45) is 0 Å². The minimum Gasteiger partial charge on any atom is -0.336 e. The molecule has 2 atom stereocenters. The summed E-state index contributed by atoms with van der Waals surface area (Å²) in [6.45, 7) is 7.11. The van der Waals surface area contributed by atoms with Gasteiger partial charge in [-0.1, -0.05) is 23.7 Å². The van der Waals surface area contributed by atoms with Crippen LogP contribution in [0.3, 0.4) is 0 Å². The number of nitrogens with one attached hydrogen (secondary N) is 1. The Kier molecular flexibility index (Phi) is 5.47. The summed E-state index contributed by atoms with van der Waals surface area (Å²) in [5.74, 6) is 0. The van der Waals surface area contributed by atoms with Crippen molar-refractivity contribution >= 4 is 22.9 Å². The van der Waals surface area contributed by atoms with E-state index in [1.54, 1.807) is 16.2 Å². The predicted molar refractivity (Wildman–Crippen MR) is 92.4 cm³/mol. The molecular formula is C17H24ClN3S+2. The van der Waals surface area contributed by atoms with Crippen LogP contribution in [-0.4, -0.2) is 30.7 Å². The number of benzene rings is 1. The number of halogens is 1. The lowest BCUT2D eigenvalue weighted by Crippen LogP contribution is -3.16. The fourth-order valence-electron chi connectivity index (χ4n) is 3.29. The van der Waals surface area contributed by atoms with Crippen molar-refractivity contribution < 1.29 is 10.2 Å². The summed E-state index contributed by atoms with van der Waals surface area (Å²) < 4.78 is 0. The van der Waals surface area contributed by atoms with Gasteiger partial charge in [0, 0.05) is 28.8 Å². The molecule has 0 aliphatic carbocycles. The molecule has 0 bridgehead atoms. The molecule has 3 rings (SSSR count). The highest BCUT2D eigenvalue weighted by atomic mass is 35.5. The third-order valence-corrected chi connectivity index (χ3v) is 5.72. The number of aromatic nitrogens is 1. The zero-order valence-corrected chi connectivity index (χ0v) is 14.6. The third-order valence-electron chi connectivity index (χ3n) is 4.53. The number of thiazole rings is 1. The number of hydrogen-bond donors (Lipinski definition) is 2. The van der Waals surface area contributed by atoms with Crippen molar-refractivity contribution in [1.29, 1.82) is 0 Å². The highest BCUT2D eigenvalue weighted by molar-refractivity contribution is 7.13. The number of rotatable bonds is 6. The largest absolute Gasteiger partial charge is 0.336 e. The second kappa shape index (κ2) is 7.55. The summed E-state index contributed by atoms with van der Waals surface area (Å²) >= 11 is 7.65. The van der Waals surface area contributed by atoms with Crippen molar-refractivity contribution in [3.8, 4) is 10.6 Å². The zero-order chi connectivity index (χ0) is 15.4. The molecule has 5 heteroatoms. The van der Waals surface area contributed by atoms with Crippen LogP contribution in [-0.2, 0) is 6.54 Å². The topological polar surface area (TPSA) is 33.9 Å². The molecule has 0 radical (unpaired) electrons. The van der Waals surface area contributed by atoms with Crippen LogP contribution in [0.25, 0.3) is 10.6 Å². The first-order chi connectivity index (χ1) is 10.8. The summed E-state index contributed by atoms with van der Waals surface area (Å²) in [6, 6.07) is 8.75. The zero-order valence-electron chi connectivity index (χ0n) is 13.0. The Morgan fingerprint density at radius 1 is 1.36 bits per heavy atom. The van der Waals surface area contributed by atoms with Gasteiger partial charge in [-0.05, 0) is 19.1 Å². The van der Waals surface area contributed by atoms with Crippen LogP contribution in [0, 0.1) is 0 Å². The van der Waals surface area contributed by atoms with Gasteiger partial charge in [0.25, 0.3) is 0 Å². The van der Waals surface area contributed by atoms with Crippen molar-refractivity contribution in [2.75, 3.05) is 19.6 Å². The smallest absolute Gasteiger partial charge is 0.137 e. The maximum atomic E-state index is 5.93. The van der Waals surface area contributed by atoms with Gasteiger partial charge in [0.15, 0.2) is 0 Å². The summed E-state index contributed by atoms with van der Waals surface area (Å²) in [5, 5.41) is 6.46. The Morgan fingerprint density at radius 2 is 2.18 bits per heavy atom. The highest BCUT2D eigenvalue weighted by Gasteiger charge is 2.28. The Labute approximate surface area is 141 Å². The van der Waals surface area contributed by atoms with E-state index in [0.29, 0.717) is 0 Å². The van der Waals surface area contributed by atoms with E-state index in [1.807, 2.05) is 24.3 Å². The molecule has 1 saturated heterocycles. The normalized spacial score (nSPS) is 21.4. The molecule has 3 N–H and O–H groups in total. The minimum atomic E-state index is 0.772. The van der Waals surface area contributed by atoms with Crippen LogP contribution in [0.2, 0.25) is 5.02 Å². The number of nitrogens with zero attached hydrogens (tertiary/aromatic N) is 1. The van der Waals surface area contributed by atoms with Gasteiger partial charge in [-0.15, -0.1) is 11.3 Å². The van der Waals surface area contributed by atoms with E-state index in [0.717, 1.165) is 28.2 Å². The number of likely N-dealkylation sites (N-methyl/N-ethyl adjacent to an activating group) is 1. The molecule has 118 valence electrons. The standard InChI is InChI=1S/C17H22ClN3S/c1-2-21-9-3-4-16(21)11-19-10-15-12-22-17(20-15)13-5-7-14(18)8-6-13/h5-8,12,16,19H,2-4,9-11H2,1H3/p+2/t16-/m0/s1. The number of nitrogens with two attached hydrogens (primary N) is 1. The van der Waals surface area contributed by atoms with E-state index in [2.05, 4.69) is 17.6 Å². The first-order valence-corrected chi connectivity index (χ1v) is 9.38. The molecular weight excluding hydrogens is 314 g/mol. The maximum Gasteiger partial charge on any atom is 0.137 e. The first-order valence-electron chi connectivity index (χ1n) is 8.13. The Balaban J connectivity index is 1.52. The lowest BCUT2D eigenvalue weighted by atomic mass is 10.2. The molecule has 2 heterocycles. The Morgan fingerprint density at radius 3 is 2.95 bits per heavy atom. The second-order valence-electron chi connectivity index (χ2n) is 5.98. The average Bonchev–Trinajstić information content (AvgIpc) is 3.17. The highest BCUT2D eigenvalue weighted by Crippen LogP contribution is 2.24. The minimum absolute atomic E-state index is 0.772. The van der Waals surface area contributed by atoms with Gasteiger partial charge in [-0.25, -0.2) is 4.98 Å². The quantitative estimate of drug-likeness (QED) is 0.824. The van der Waals surface area contributed by atoms with Gasteiger partial charge in [0.05, 0.1) is 13.1 Å². The van der Waals surface area contributed by atoms with Crippen molar-refractivity contribution in [3.05, 3.63) is 40.4 Å². The van der Waals surface area contributed by atoms with Gasteiger partial charge in [0.2, 0.25) is 0 Å². The number of quaternary nitrogens is 2. The molecule has 3 nitrogen and oxygen atoms in total. The van der Waals surface area contributed by atoms with Gasteiger partial charge in [-0.3, -0.25) is 0 Å². The van der Waals surface area contributed by atoms with Crippen LogP contribution in [0.1, 0.15) is 25.5 Å². The molecule has 1 aromatic heterocycles. The first kappa shape index (κ1) is 15.9. The fraction of sp³-hybridized carbons (Fsp3) is 0.471. The molecule has 1 aliphatic heterocycles. The molecule has 1 aromatic carbocycles. The van der Waals surface area contributed by atoms with Gasteiger partial charge in [0.1, 0.15) is 29.8 Å². The van der Waals surface area contributed by atoms with E-state index >= 15 is 0 Å². The molecule has 22 heavy (non-hydrogen) atoms. The summed E-state index contributed by atoms with van der Waals surface area (Å²) in [5.41, 5.74) is 2.34. The van der Waals surface area contributed by atoms with E-state index < -0.39 is 0 Å². The molecule has 1 aliphatic rings. The molecule has 0 amide bonds. The lowest BCUT2D eigenvalue weighted by Gasteiger charge is -2.18. The molecule has 2 aromatic rings. The SMILES string of the molecule is CC[NH+]1CCC[C@H]1C[NH2+]Cc1csc(-c2ccc(Cl)cc2)n1. The third kappa shape index (κ3) is 3.87. The molecule has 1 unspecified atom stereocenters.